The van der Waals surface area contributed by atoms with Crippen LogP contribution in [0.5, 0.6) is 0 Å². The predicted octanol–water partition coefficient (Wildman–Crippen LogP) is 3.48. The molecule has 0 aliphatic heterocycles. The maximum atomic E-state index is 11.8. The molecule has 0 heterocycles. The monoisotopic (exact) mass is 296 g/mol. The van der Waals surface area contributed by atoms with E-state index in [1.54, 1.807) is 6.92 Å². The van der Waals surface area contributed by atoms with Crippen LogP contribution in [0.15, 0.2) is 0 Å². The Kier molecular flexibility index (Phi) is 11.4. The molecule has 0 aromatic heterocycles. The van der Waals surface area contributed by atoms with Gasteiger partial charge in [-0.25, -0.2) is 0 Å². The van der Waals surface area contributed by atoms with Gasteiger partial charge >= 0.3 is 11.9 Å². The molecule has 4 heteroatoms. The Morgan fingerprint density at radius 3 is 2.19 bits per heavy atom. The summed E-state index contributed by atoms with van der Waals surface area (Å²) >= 11 is 0. The molecule has 0 saturated heterocycles. The molecule has 0 amide bonds. The quantitative estimate of drug-likeness (QED) is 0.371. The second-order valence-electron chi connectivity index (χ2n) is 5.29. The summed E-state index contributed by atoms with van der Waals surface area (Å²) in [5.41, 5.74) is 0. The Bertz CT molecular complexity index is 363. The summed E-state index contributed by atoms with van der Waals surface area (Å²) in [6.07, 6.45) is 3.14. The van der Waals surface area contributed by atoms with Crippen molar-refractivity contribution in [1.82, 2.24) is 0 Å². The topological polar surface area (TPSA) is 52.6 Å². The van der Waals surface area contributed by atoms with Crippen LogP contribution >= 0.6 is 0 Å². The van der Waals surface area contributed by atoms with E-state index in [0.717, 1.165) is 12.8 Å². The van der Waals surface area contributed by atoms with E-state index in [1.165, 1.54) is 0 Å². The average molecular weight is 296 g/mol. The number of ether oxygens (including phenoxy) is 2. The molecule has 0 radical (unpaired) electrons. The summed E-state index contributed by atoms with van der Waals surface area (Å²) in [5.74, 6) is 5.93. The van der Waals surface area contributed by atoms with E-state index in [2.05, 4.69) is 25.7 Å². The number of hydrogen-bond donors (Lipinski definition) is 0. The van der Waals surface area contributed by atoms with Crippen molar-refractivity contribution in [1.29, 1.82) is 0 Å². The summed E-state index contributed by atoms with van der Waals surface area (Å²) in [4.78, 5) is 22.9. The fourth-order valence-corrected chi connectivity index (χ4v) is 1.77. The predicted molar refractivity (Wildman–Crippen MR) is 82.5 cm³/mol. The number of carbonyl (C=O) groups is 2. The molecule has 0 spiro atoms. The average Bonchev–Trinajstić information content (AvgIpc) is 2.40. The molecule has 0 fully saturated rings. The molecule has 0 aromatic rings. The van der Waals surface area contributed by atoms with Crippen molar-refractivity contribution in [2.75, 3.05) is 6.61 Å². The van der Waals surface area contributed by atoms with E-state index < -0.39 is 0 Å². The second kappa shape index (κ2) is 12.3. The lowest BCUT2D eigenvalue weighted by Gasteiger charge is -2.14. The van der Waals surface area contributed by atoms with Crippen molar-refractivity contribution in [3.63, 3.8) is 0 Å². The van der Waals surface area contributed by atoms with Gasteiger partial charge in [0.05, 0.1) is 6.61 Å². The molecule has 1 atom stereocenters. The Morgan fingerprint density at radius 1 is 1.05 bits per heavy atom. The SMILES string of the molecule is CCC#CC(CC(C)C)OC(=O)CCCCC(=O)OCC. The van der Waals surface area contributed by atoms with Crippen LogP contribution in [0.3, 0.4) is 0 Å². The smallest absolute Gasteiger partial charge is 0.307 e. The van der Waals surface area contributed by atoms with Crippen LogP contribution in [-0.2, 0) is 19.1 Å². The van der Waals surface area contributed by atoms with Gasteiger partial charge in [0.2, 0.25) is 0 Å². The first-order valence-corrected chi connectivity index (χ1v) is 7.83. The van der Waals surface area contributed by atoms with Gasteiger partial charge in [-0.3, -0.25) is 9.59 Å². The first-order chi connectivity index (χ1) is 9.99. The maximum absolute atomic E-state index is 11.8. The number of carbonyl (C=O) groups excluding carboxylic acids is 2. The van der Waals surface area contributed by atoms with Crippen molar-refractivity contribution in [2.24, 2.45) is 5.92 Å². The zero-order valence-electron chi connectivity index (χ0n) is 13.7. The van der Waals surface area contributed by atoms with Crippen molar-refractivity contribution in [3.05, 3.63) is 0 Å². The summed E-state index contributed by atoms with van der Waals surface area (Å²) in [6, 6.07) is 0. The Labute approximate surface area is 128 Å². The van der Waals surface area contributed by atoms with Crippen LogP contribution in [0.2, 0.25) is 0 Å². The number of hydrogen-bond acceptors (Lipinski definition) is 4. The zero-order valence-corrected chi connectivity index (χ0v) is 13.7. The molecule has 0 aromatic carbocycles. The number of esters is 2. The third-order valence-corrected chi connectivity index (χ3v) is 2.72. The maximum Gasteiger partial charge on any atom is 0.307 e. The van der Waals surface area contributed by atoms with Gasteiger partial charge in [-0.2, -0.15) is 0 Å². The molecule has 0 bridgehead atoms. The molecule has 0 saturated carbocycles. The van der Waals surface area contributed by atoms with Crippen LogP contribution in [0.25, 0.3) is 0 Å². The Morgan fingerprint density at radius 2 is 1.67 bits per heavy atom. The van der Waals surface area contributed by atoms with Crippen LogP contribution in [0.4, 0.5) is 0 Å². The van der Waals surface area contributed by atoms with Gasteiger partial charge in [0.15, 0.2) is 6.10 Å². The molecule has 0 N–H and O–H groups in total. The van der Waals surface area contributed by atoms with Gasteiger partial charge in [0.25, 0.3) is 0 Å². The molecule has 0 rings (SSSR count). The fourth-order valence-electron chi connectivity index (χ4n) is 1.77. The van der Waals surface area contributed by atoms with Crippen molar-refractivity contribution in [3.8, 4) is 11.8 Å². The van der Waals surface area contributed by atoms with E-state index >= 15 is 0 Å². The minimum absolute atomic E-state index is 0.211. The van der Waals surface area contributed by atoms with Crippen molar-refractivity contribution < 1.29 is 19.1 Å². The molecule has 0 aliphatic carbocycles. The van der Waals surface area contributed by atoms with Crippen molar-refractivity contribution in [2.45, 2.75) is 72.3 Å². The highest BCUT2D eigenvalue weighted by molar-refractivity contribution is 5.70. The molecule has 21 heavy (non-hydrogen) atoms. The van der Waals surface area contributed by atoms with Gasteiger partial charge < -0.3 is 9.47 Å². The van der Waals surface area contributed by atoms with E-state index in [4.69, 9.17) is 9.47 Å². The molecular weight excluding hydrogens is 268 g/mol. The van der Waals surface area contributed by atoms with Gasteiger partial charge in [0.1, 0.15) is 0 Å². The van der Waals surface area contributed by atoms with Crippen LogP contribution in [-0.4, -0.2) is 24.6 Å². The normalized spacial score (nSPS) is 11.5. The van der Waals surface area contributed by atoms with Crippen LogP contribution in [0, 0.1) is 17.8 Å². The van der Waals surface area contributed by atoms with E-state index in [-0.39, 0.29) is 18.0 Å². The molecule has 1 unspecified atom stereocenters. The van der Waals surface area contributed by atoms with E-state index in [9.17, 15) is 9.59 Å². The molecule has 0 aliphatic rings. The minimum Gasteiger partial charge on any atom is -0.466 e. The van der Waals surface area contributed by atoms with Gasteiger partial charge in [-0.05, 0) is 32.1 Å². The highest BCUT2D eigenvalue weighted by Gasteiger charge is 2.13. The number of rotatable bonds is 9. The fraction of sp³-hybridized carbons (Fsp3) is 0.765. The Hall–Kier alpha value is -1.50. The van der Waals surface area contributed by atoms with E-state index in [1.807, 2.05) is 6.92 Å². The minimum atomic E-state index is -0.317. The lowest BCUT2D eigenvalue weighted by Crippen LogP contribution is -2.18. The van der Waals surface area contributed by atoms with Crippen LogP contribution < -0.4 is 0 Å². The zero-order chi connectivity index (χ0) is 16.1. The second-order valence-corrected chi connectivity index (χ2v) is 5.29. The molecular formula is C17H28O4. The molecule has 120 valence electrons. The third-order valence-electron chi connectivity index (χ3n) is 2.72. The highest BCUT2D eigenvalue weighted by Crippen LogP contribution is 2.10. The summed E-state index contributed by atoms with van der Waals surface area (Å²) < 4.78 is 10.2. The third kappa shape index (κ3) is 12.0. The Balaban J connectivity index is 4.00. The standard InChI is InChI=1S/C17H28O4/c1-5-7-10-15(13-14(3)4)21-17(19)12-9-8-11-16(18)20-6-2/h14-15H,5-6,8-9,11-13H2,1-4H3. The lowest BCUT2D eigenvalue weighted by molar-refractivity contribution is -0.148. The highest BCUT2D eigenvalue weighted by atomic mass is 16.5. The first-order valence-electron chi connectivity index (χ1n) is 7.83. The van der Waals surface area contributed by atoms with Gasteiger partial charge in [-0.15, -0.1) is 0 Å². The number of unbranched alkanes of at least 4 members (excludes halogenated alkanes) is 1. The summed E-state index contributed by atoms with van der Waals surface area (Å²) in [6.45, 7) is 8.30. The summed E-state index contributed by atoms with van der Waals surface area (Å²) in [5, 5.41) is 0. The van der Waals surface area contributed by atoms with Crippen LogP contribution in [0.1, 0.15) is 66.2 Å². The first kappa shape index (κ1) is 19.5. The van der Waals surface area contributed by atoms with E-state index in [0.29, 0.717) is 38.2 Å². The largest absolute Gasteiger partial charge is 0.466 e. The molecule has 4 nitrogen and oxygen atoms in total. The summed E-state index contributed by atoms with van der Waals surface area (Å²) in [7, 11) is 0. The lowest BCUT2D eigenvalue weighted by atomic mass is 10.1. The van der Waals surface area contributed by atoms with Gasteiger partial charge in [-0.1, -0.05) is 32.6 Å². The van der Waals surface area contributed by atoms with Crippen molar-refractivity contribution >= 4 is 11.9 Å². The van der Waals surface area contributed by atoms with Gasteiger partial charge in [0, 0.05) is 19.3 Å².